The second-order valence-electron chi connectivity index (χ2n) is 3.80. The van der Waals surface area contributed by atoms with E-state index in [1.165, 1.54) is 0 Å². The first-order chi connectivity index (χ1) is 9.06. The molecule has 0 bridgehead atoms. The zero-order chi connectivity index (χ0) is 13.8. The number of aromatic nitrogens is 1. The van der Waals surface area contributed by atoms with Gasteiger partial charge in [0.25, 0.3) is 0 Å². The van der Waals surface area contributed by atoms with Gasteiger partial charge in [-0.05, 0) is 56.1 Å². The van der Waals surface area contributed by atoms with Crippen molar-refractivity contribution in [2.75, 3.05) is 5.75 Å². The molecule has 1 aromatic heterocycles. The zero-order valence-corrected chi connectivity index (χ0v) is 14.4. The van der Waals surface area contributed by atoms with Crippen molar-refractivity contribution in [3.8, 4) is 0 Å². The summed E-state index contributed by atoms with van der Waals surface area (Å²) in [6, 6.07) is 9.44. The lowest BCUT2D eigenvalue weighted by Gasteiger charge is -2.11. The summed E-state index contributed by atoms with van der Waals surface area (Å²) in [7, 11) is 0. The molecular formula is C13H10Br2ClNOS. The minimum absolute atomic E-state index is 0.521. The largest absolute Gasteiger partial charge is 0.386 e. The van der Waals surface area contributed by atoms with Crippen molar-refractivity contribution in [2.45, 2.75) is 11.0 Å². The molecule has 100 valence electrons. The third-order valence-corrected chi connectivity index (χ3v) is 4.73. The van der Waals surface area contributed by atoms with Gasteiger partial charge >= 0.3 is 0 Å². The smallest absolute Gasteiger partial charge is 0.106 e. The van der Waals surface area contributed by atoms with Crippen molar-refractivity contribution < 1.29 is 5.11 Å². The maximum Gasteiger partial charge on any atom is 0.106 e. The number of pyridine rings is 1. The topological polar surface area (TPSA) is 33.1 Å². The summed E-state index contributed by atoms with van der Waals surface area (Å²) in [4.78, 5) is 5.25. The minimum Gasteiger partial charge on any atom is -0.386 e. The summed E-state index contributed by atoms with van der Waals surface area (Å²) in [5.41, 5.74) is 0.637. The van der Waals surface area contributed by atoms with E-state index in [0.29, 0.717) is 16.5 Å². The molecule has 2 rings (SSSR count). The number of rotatable bonds is 4. The van der Waals surface area contributed by atoms with Crippen molar-refractivity contribution in [2.24, 2.45) is 0 Å². The Morgan fingerprint density at radius 1 is 1.32 bits per heavy atom. The molecule has 2 aromatic rings. The molecule has 0 saturated heterocycles. The van der Waals surface area contributed by atoms with Gasteiger partial charge in [-0.25, -0.2) is 0 Å². The van der Waals surface area contributed by atoms with Crippen LogP contribution in [0.15, 0.2) is 50.4 Å². The van der Waals surface area contributed by atoms with Gasteiger partial charge in [0.1, 0.15) is 6.10 Å². The average molecular weight is 424 g/mol. The molecular weight excluding hydrogens is 413 g/mol. The molecule has 0 spiro atoms. The van der Waals surface area contributed by atoms with Gasteiger partial charge in [0.15, 0.2) is 0 Å². The number of aliphatic hydroxyl groups is 1. The van der Waals surface area contributed by atoms with E-state index < -0.39 is 6.10 Å². The third kappa shape index (κ3) is 4.46. The summed E-state index contributed by atoms with van der Waals surface area (Å²) >= 11 is 14.2. The highest BCUT2D eigenvalue weighted by Gasteiger charge is 2.13. The minimum atomic E-state index is -0.633. The molecule has 1 N–H and O–H groups in total. The second kappa shape index (κ2) is 7.09. The normalized spacial score (nSPS) is 12.4. The number of benzene rings is 1. The van der Waals surface area contributed by atoms with Crippen molar-refractivity contribution >= 4 is 55.2 Å². The number of aliphatic hydroxyl groups excluding tert-OH is 1. The van der Waals surface area contributed by atoms with E-state index in [4.69, 9.17) is 11.6 Å². The number of thioether (sulfide) groups is 1. The monoisotopic (exact) mass is 421 g/mol. The van der Waals surface area contributed by atoms with Crippen LogP contribution in [0.25, 0.3) is 0 Å². The van der Waals surface area contributed by atoms with E-state index in [0.717, 1.165) is 13.8 Å². The molecule has 0 aliphatic heterocycles. The fourth-order valence-electron chi connectivity index (χ4n) is 1.48. The molecule has 1 atom stereocenters. The molecule has 0 amide bonds. The van der Waals surface area contributed by atoms with E-state index in [2.05, 4.69) is 36.8 Å². The molecule has 0 radical (unpaired) electrons. The molecule has 0 aliphatic rings. The van der Waals surface area contributed by atoms with E-state index in [1.807, 2.05) is 30.3 Å². The fourth-order valence-corrected chi connectivity index (χ4v) is 3.88. The van der Waals surface area contributed by atoms with E-state index in [-0.39, 0.29) is 0 Å². The summed E-state index contributed by atoms with van der Waals surface area (Å²) in [6.45, 7) is 0. The highest BCUT2D eigenvalue weighted by atomic mass is 79.9. The molecule has 0 aliphatic carbocycles. The van der Waals surface area contributed by atoms with Crippen LogP contribution in [0.4, 0.5) is 0 Å². The van der Waals surface area contributed by atoms with E-state index in [9.17, 15) is 5.11 Å². The average Bonchev–Trinajstić information content (AvgIpc) is 2.36. The molecule has 1 aromatic carbocycles. The Bertz CT molecular complexity index is 582. The lowest BCUT2D eigenvalue weighted by atomic mass is 10.2. The number of nitrogens with zero attached hydrogens (tertiary/aromatic N) is 1. The molecule has 2 nitrogen and oxygen atoms in total. The van der Waals surface area contributed by atoms with Crippen molar-refractivity contribution in [3.05, 3.63) is 56.2 Å². The zero-order valence-electron chi connectivity index (χ0n) is 9.69. The first kappa shape index (κ1) is 15.3. The van der Waals surface area contributed by atoms with Gasteiger partial charge < -0.3 is 5.11 Å². The van der Waals surface area contributed by atoms with Crippen LogP contribution in [-0.2, 0) is 0 Å². The van der Waals surface area contributed by atoms with Gasteiger partial charge in [0.05, 0.1) is 5.69 Å². The van der Waals surface area contributed by atoms with Crippen LogP contribution in [0.5, 0.6) is 0 Å². The van der Waals surface area contributed by atoms with Crippen LogP contribution in [0.2, 0.25) is 5.02 Å². The van der Waals surface area contributed by atoms with Crippen molar-refractivity contribution in [1.29, 1.82) is 0 Å². The number of hydrogen-bond acceptors (Lipinski definition) is 3. The molecule has 19 heavy (non-hydrogen) atoms. The molecule has 0 fully saturated rings. The predicted octanol–water partition coefficient (Wildman–Crippen LogP) is 5.09. The Hall–Kier alpha value is -0.0700. The number of halogens is 3. The first-order valence-corrected chi connectivity index (χ1v) is 8.38. The van der Waals surface area contributed by atoms with Gasteiger partial charge in [0.2, 0.25) is 0 Å². The summed E-state index contributed by atoms with van der Waals surface area (Å²) in [5, 5.41) is 10.9. The van der Waals surface area contributed by atoms with Crippen LogP contribution < -0.4 is 0 Å². The Kier molecular flexibility index (Phi) is 5.71. The molecule has 1 unspecified atom stereocenters. The van der Waals surface area contributed by atoms with E-state index >= 15 is 0 Å². The Labute approximate surface area is 137 Å². The van der Waals surface area contributed by atoms with Gasteiger partial charge in [-0.1, -0.05) is 17.7 Å². The maximum atomic E-state index is 10.2. The van der Waals surface area contributed by atoms with Crippen LogP contribution in [0.1, 0.15) is 11.8 Å². The predicted molar refractivity (Wildman–Crippen MR) is 86.8 cm³/mol. The van der Waals surface area contributed by atoms with Crippen molar-refractivity contribution in [1.82, 2.24) is 4.98 Å². The molecule has 1 heterocycles. The van der Waals surface area contributed by atoms with Crippen LogP contribution in [0.3, 0.4) is 0 Å². The van der Waals surface area contributed by atoms with Crippen LogP contribution in [-0.4, -0.2) is 15.8 Å². The first-order valence-electron chi connectivity index (χ1n) is 5.43. The fraction of sp³-hybridized carbons (Fsp3) is 0.154. The lowest BCUT2D eigenvalue weighted by molar-refractivity contribution is 0.198. The van der Waals surface area contributed by atoms with Gasteiger partial charge in [0, 0.05) is 30.8 Å². The quantitative estimate of drug-likeness (QED) is 0.696. The number of hydrogen-bond donors (Lipinski definition) is 1. The standard InChI is InChI=1S/C13H10Br2ClNOS/c14-8-4-11(15)13(17-6-8)12(18)7-19-10-3-1-2-9(16)5-10/h1-6,12,18H,7H2. The summed E-state index contributed by atoms with van der Waals surface area (Å²) in [5.74, 6) is 0.521. The lowest BCUT2D eigenvalue weighted by Crippen LogP contribution is -2.04. The van der Waals surface area contributed by atoms with Crippen molar-refractivity contribution in [3.63, 3.8) is 0 Å². The summed E-state index contributed by atoms with van der Waals surface area (Å²) in [6.07, 6.45) is 1.04. The SMILES string of the molecule is OC(CSc1cccc(Cl)c1)c1ncc(Br)cc1Br. The maximum absolute atomic E-state index is 10.2. The third-order valence-electron chi connectivity index (χ3n) is 2.36. The highest BCUT2D eigenvalue weighted by Crippen LogP contribution is 2.29. The Morgan fingerprint density at radius 3 is 2.79 bits per heavy atom. The van der Waals surface area contributed by atoms with E-state index in [1.54, 1.807) is 18.0 Å². The van der Waals surface area contributed by atoms with Gasteiger partial charge in [-0.15, -0.1) is 11.8 Å². The van der Waals surface area contributed by atoms with Crippen LogP contribution in [0, 0.1) is 0 Å². The molecule has 6 heteroatoms. The Morgan fingerprint density at radius 2 is 2.11 bits per heavy atom. The Balaban J connectivity index is 2.03. The van der Waals surface area contributed by atoms with Crippen LogP contribution >= 0.6 is 55.2 Å². The highest BCUT2D eigenvalue weighted by molar-refractivity contribution is 9.11. The van der Waals surface area contributed by atoms with Gasteiger partial charge in [-0.3, -0.25) is 4.98 Å². The molecule has 0 saturated carbocycles. The van der Waals surface area contributed by atoms with Gasteiger partial charge in [-0.2, -0.15) is 0 Å². The summed E-state index contributed by atoms with van der Waals surface area (Å²) < 4.78 is 1.67. The second-order valence-corrected chi connectivity index (χ2v) is 7.10.